The van der Waals surface area contributed by atoms with E-state index in [1.54, 1.807) is 17.0 Å². The lowest BCUT2D eigenvalue weighted by Gasteiger charge is -2.55. The Labute approximate surface area is 165 Å². The Hall–Kier alpha value is -2.57. The first-order valence-electron chi connectivity index (χ1n) is 9.57. The summed E-state index contributed by atoms with van der Waals surface area (Å²) < 4.78 is 10.2. The average Bonchev–Trinajstić information content (AvgIpc) is 2.63. The Balaban J connectivity index is 1.60. The van der Waals surface area contributed by atoms with Crippen molar-refractivity contribution < 1.29 is 23.9 Å². The molecule has 3 rings (SSSR count). The molecule has 2 aliphatic heterocycles. The van der Waals surface area contributed by atoms with Crippen molar-refractivity contribution >= 4 is 24.0 Å². The van der Waals surface area contributed by atoms with Crippen molar-refractivity contribution in [1.29, 1.82) is 0 Å². The highest BCUT2D eigenvalue weighted by atomic mass is 16.6. The minimum atomic E-state index is -0.509. The first-order chi connectivity index (χ1) is 13.2. The van der Waals surface area contributed by atoms with E-state index in [4.69, 9.17) is 9.47 Å². The summed E-state index contributed by atoms with van der Waals surface area (Å²) in [5, 5.41) is 0. The van der Waals surface area contributed by atoms with Crippen LogP contribution >= 0.6 is 0 Å². The number of esters is 1. The normalized spacial score (nSPS) is 18.4. The molecule has 0 aliphatic carbocycles. The van der Waals surface area contributed by atoms with Crippen LogP contribution in [0, 0.1) is 5.41 Å². The molecule has 2 fully saturated rings. The molecule has 0 aromatic heterocycles. The fraction of sp³-hybridized carbons (Fsp3) is 0.571. The minimum absolute atomic E-state index is 0.188. The Bertz CT molecular complexity index is 767. The third-order valence-electron chi connectivity index (χ3n) is 5.46. The van der Waals surface area contributed by atoms with E-state index in [2.05, 4.69) is 4.90 Å². The van der Waals surface area contributed by atoms with Crippen LogP contribution in [-0.4, -0.2) is 62.1 Å². The topological polar surface area (TPSA) is 76.2 Å². The molecule has 0 saturated carbocycles. The molecule has 0 unspecified atom stereocenters. The summed E-state index contributed by atoms with van der Waals surface area (Å²) in [5.41, 5.74) is 1.23. The van der Waals surface area contributed by atoms with Crippen molar-refractivity contribution in [2.75, 3.05) is 38.2 Å². The third kappa shape index (κ3) is 4.13. The van der Waals surface area contributed by atoms with Gasteiger partial charge >= 0.3 is 12.1 Å². The first kappa shape index (κ1) is 20.2. The summed E-state index contributed by atoms with van der Waals surface area (Å²) in [7, 11) is 1.31. The zero-order chi connectivity index (χ0) is 20.5. The van der Waals surface area contributed by atoms with Gasteiger partial charge in [-0.3, -0.25) is 4.79 Å². The van der Waals surface area contributed by atoms with Gasteiger partial charge in [0.25, 0.3) is 0 Å². The molecule has 1 spiro atoms. The van der Waals surface area contributed by atoms with Crippen LogP contribution < -0.4 is 4.90 Å². The third-order valence-corrected chi connectivity index (χ3v) is 5.46. The lowest BCUT2D eigenvalue weighted by atomic mass is 9.72. The Morgan fingerprint density at radius 1 is 1.14 bits per heavy atom. The Morgan fingerprint density at radius 3 is 2.32 bits per heavy atom. The highest BCUT2D eigenvalue weighted by Crippen LogP contribution is 2.43. The number of methoxy groups -OCH3 is 1. The van der Waals surface area contributed by atoms with Gasteiger partial charge in [-0.2, -0.15) is 0 Å². The van der Waals surface area contributed by atoms with Gasteiger partial charge in [0.05, 0.1) is 12.7 Å². The van der Waals surface area contributed by atoms with Gasteiger partial charge in [-0.25, -0.2) is 9.59 Å². The van der Waals surface area contributed by atoms with Gasteiger partial charge in [-0.05, 0) is 51.8 Å². The summed E-state index contributed by atoms with van der Waals surface area (Å²) in [6.45, 7) is 8.75. The number of carbonyl (C=O) groups is 3. The van der Waals surface area contributed by atoms with E-state index in [0.717, 1.165) is 31.6 Å². The van der Waals surface area contributed by atoms with E-state index in [9.17, 15) is 14.4 Å². The van der Waals surface area contributed by atoms with Crippen LogP contribution in [-0.2, 0) is 9.47 Å². The van der Waals surface area contributed by atoms with E-state index in [1.807, 2.05) is 26.8 Å². The summed E-state index contributed by atoms with van der Waals surface area (Å²) in [4.78, 5) is 39.3. The number of piperidine rings is 1. The van der Waals surface area contributed by atoms with E-state index < -0.39 is 11.6 Å². The van der Waals surface area contributed by atoms with E-state index >= 15 is 0 Å². The summed E-state index contributed by atoms with van der Waals surface area (Å²) >= 11 is 0. The highest BCUT2D eigenvalue weighted by Gasteiger charge is 2.46. The van der Waals surface area contributed by atoms with E-state index in [-0.39, 0.29) is 17.1 Å². The van der Waals surface area contributed by atoms with Crippen molar-refractivity contribution in [2.45, 2.75) is 39.2 Å². The largest absolute Gasteiger partial charge is 0.465 e. The number of rotatable bonds is 3. The molecule has 0 radical (unpaired) electrons. The van der Waals surface area contributed by atoms with E-state index in [0.29, 0.717) is 24.9 Å². The predicted molar refractivity (Wildman–Crippen MR) is 105 cm³/mol. The maximum absolute atomic E-state index is 12.2. The zero-order valence-corrected chi connectivity index (χ0v) is 17.0. The summed E-state index contributed by atoms with van der Waals surface area (Å²) in [6, 6.07) is 5.24. The molecule has 2 heterocycles. The molecule has 1 aromatic carbocycles. The van der Waals surface area contributed by atoms with Gasteiger partial charge < -0.3 is 19.3 Å². The number of ether oxygens (including phenoxy) is 2. The van der Waals surface area contributed by atoms with Crippen molar-refractivity contribution in [3.05, 3.63) is 29.3 Å². The van der Waals surface area contributed by atoms with Crippen molar-refractivity contribution in [3.8, 4) is 0 Å². The predicted octanol–water partition coefficient (Wildman–Crippen LogP) is 3.12. The number of hydrogen-bond acceptors (Lipinski definition) is 6. The standard InChI is InChI=1S/C21H28N2O5/c1-20(2,3)28-19(26)22-9-7-21(8-10-22)13-23(14-21)16-6-5-15(12-24)17(11-16)18(25)27-4/h5-6,11-12H,7-10,13-14H2,1-4H3. The monoisotopic (exact) mass is 388 g/mol. The first-order valence-corrected chi connectivity index (χ1v) is 9.57. The summed E-state index contributed by atoms with van der Waals surface area (Å²) in [5.74, 6) is -0.509. The smallest absolute Gasteiger partial charge is 0.410 e. The van der Waals surface area contributed by atoms with E-state index in [1.165, 1.54) is 7.11 Å². The lowest BCUT2D eigenvalue weighted by Crippen LogP contribution is -2.61. The molecule has 2 aliphatic rings. The molecule has 7 heteroatoms. The second kappa shape index (κ2) is 7.45. The maximum atomic E-state index is 12.2. The number of anilines is 1. The number of benzene rings is 1. The van der Waals surface area contributed by atoms with Crippen LogP contribution in [0.2, 0.25) is 0 Å². The molecule has 1 aromatic rings. The molecule has 0 N–H and O–H groups in total. The van der Waals surface area contributed by atoms with Gasteiger partial charge in [0.1, 0.15) is 5.60 Å². The van der Waals surface area contributed by atoms with Crippen LogP contribution in [0.15, 0.2) is 18.2 Å². The van der Waals surface area contributed by atoms with Gasteiger partial charge in [0.2, 0.25) is 0 Å². The molecule has 0 bridgehead atoms. The average molecular weight is 388 g/mol. The second-order valence-corrected chi connectivity index (χ2v) is 8.70. The second-order valence-electron chi connectivity index (χ2n) is 8.70. The van der Waals surface area contributed by atoms with Gasteiger partial charge in [-0.1, -0.05) is 0 Å². The molecule has 28 heavy (non-hydrogen) atoms. The molecule has 2 saturated heterocycles. The van der Waals surface area contributed by atoms with Crippen LogP contribution in [0.1, 0.15) is 54.3 Å². The minimum Gasteiger partial charge on any atom is -0.465 e. The van der Waals surface area contributed by atoms with Crippen LogP contribution in [0.5, 0.6) is 0 Å². The number of carbonyl (C=O) groups excluding carboxylic acids is 3. The van der Waals surface area contributed by atoms with Gasteiger partial charge in [0, 0.05) is 42.8 Å². The Morgan fingerprint density at radius 2 is 1.79 bits per heavy atom. The molecular weight excluding hydrogens is 360 g/mol. The van der Waals surface area contributed by atoms with Crippen LogP contribution in [0.3, 0.4) is 0 Å². The molecular formula is C21H28N2O5. The van der Waals surface area contributed by atoms with Crippen molar-refractivity contribution in [3.63, 3.8) is 0 Å². The molecule has 0 atom stereocenters. The number of amides is 1. The SMILES string of the molecule is COC(=O)c1cc(N2CC3(CCN(C(=O)OC(C)(C)C)CC3)C2)ccc1C=O. The maximum Gasteiger partial charge on any atom is 0.410 e. The number of likely N-dealkylation sites (tertiary alicyclic amines) is 1. The van der Waals surface area contributed by atoms with Crippen LogP contribution in [0.25, 0.3) is 0 Å². The molecule has 7 nitrogen and oxygen atoms in total. The Kier molecular flexibility index (Phi) is 5.37. The van der Waals surface area contributed by atoms with Gasteiger partial charge in [0.15, 0.2) is 6.29 Å². The zero-order valence-electron chi connectivity index (χ0n) is 17.0. The van der Waals surface area contributed by atoms with Crippen molar-refractivity contribution in [1.82, 2.24) is 4.90 Å². The van der Waals surface area contributed by atoms with Crippen LogP contribution in [0.4, 0.5) is 10.5 Å². The number of aldehydes is 1. The number of hydrogen-bond donors (Lipinski definition) is 0. The fourth-order valence-electron chi connectivity index (χ4n) is 3.88. The van der Waals surface area contributed by atoms with Gasteiger partial charge in [-0.15, -0.1) is 0 Å². The summed E-state index contributed by atoms with van der Waals surface area (Å²) in [6.07, 6.45) is 2.28. The molecule has 1 amide bonds. The number of nitrogens with zero attached hydrogens (tertiary/aromatic N) is 2. The highest BCUT2D eigenvalue weighted by molar-refractivity contribution is 5.99. The lowest BCUT2D eigenvalue weighted by molar-refractivity contribution is 0.00597. The quantitative estimate of drug-likeness (QED) is 0.585. The van der Waals surface area contributed by atoms with Crippen molar-refractivity contribution in [2.24, 2.45) is 5.41 Å². The molecule has 152 valence electrons. The fourth-order valence-corrected chi connectivity index (χ4v) is 3.88.